The van der Waals surface area contributed by atoms with Crippen molar-refractivity contribution in [1.82, 2.24) is 0 Å². The molecule has 0 N–H and O–H groups in total. The first-order valence-electron chi connectivity index (χ1n) is 5.44. The molecular weight excluding hydrogens is 264 g/mol. The van der Waals surface area contributed by atoms with Crippen molar-refractivity contribution in [3.05, 3.63) is 46.2 Å². The molecule has 0 spiro atoms. The van der Waals surface area contributed by atoms with Gasteiger partial charge in [0.25, 0.3) is 0 Å². The number of hydrogen-bond donors (Lipinski definition) is 0. The average Bonchev–Trinajstić information content (AvgIpc) is 3.01. The maximum absolute atomic E-state index is 2.25. The minimum Gasteiger partial charge on any atom is -0.143 e. The van der Waals surface area contributed by atoms with Gasteiger partial charge >= 0.3 is 0 Å². The van der Waals surface area contributed by atoms with Gasteiger partial charge in [0.2, 0.25) is 0 Å². The summed E-state index contributed by atoms with van der Waals surface area (Å²) >= 11 is 5.55. The Balaban J connectivity index is 2.04. The van der Waals surface area contributed by atoms with Crippen LogP contribution in [0.1, 0.15) is 11.1 Å². The first-order chi connectivity index (χ1) is 8.25. The molecule has 3 aromatic heterocycles. The van der Waals surface area contributed by atoms with Crippen molar-refractivity contribution in [2.75, 3.05) is 0 Å². The second kappa shape index (κ2) is 4.41. The van der Waals surface area contributed by atoms with E-state index < -0.39 is 0 Å². The molecule has 0 unspecified atom stereocenters. The van der Waals surface area contributed by atoms with Crippen LogP contribution in [-0.4, -0.2) is 0 Å². The lowest BCUT2D eigenvalue weighted by Crippen LogP contribution is -1.72. The fourth-order valence-corrected chi connectivity index (χ4v) is 4.86. The Morgan fingerprint density at radius 2 is 1.71 bits per heavy atom. The van der Waals surface area contributed by atoms with Crippen LogP contribution < -0.4 is 0 Å². The van der Waals surface area contributed by atoms with Crippen molar-refractivity contribution in [2.24, 2.45) is 0 Å². The quantitative estimate of drug-likeness (QED) is 0.553. The molecule has 0 aromatic carbocycles. The Hall–Kier alpha value is -0.900. The van der Waals surface area contributed by atoms with Crippen molar-refractivity contribution in [2.45, 2.75) is 13.8 Å². The summed E-state index contributed by atoms with van der Waals surface area (Å²) in [5.74, 6) is 0. The van der Waals surface area contributed by atoms with Gasteiger partial charge in [-0.2, -0.15) is 0 Å². The van der Waals surface area contributed by atoms with Crippen molar-refractivity contribution in [3.63, 3.8) is 0 Å². The van der Waals surface area contributed by atoms with Gasteiger partial charge in [-0.1, -0.05) is 6.07 Å². The smallest absolute Gasteiger partial charge is 0.0474 e. The molecule has 0 aliphatic heterocycles. The summed E-state index contributed by atoms with van der Waals surface area (Å²) in [4.78, 5) is 5.56. The Morgan fingerprint density at radius 3 is 2.35 bits per heavy atom. The van der Waals surface area contributed by atoms with Gasteiger partial charge in [-0.05, 0) is 53.9 Å². The Labute approximate surface area is 113 Å². The predicted molar refractivity (Wildman–Crippen MR) is 80.4 cm³/mol. The van der Waals surface area contributed by atoms with Crippen LogP contribution in [0, 0.1) is 13.8 Å². The van der Waals surface area contributed by atoms with Gasteiger partial charge in [-0.15, -0.1) is 34.0 Å². The van der Waals surface area contributed by atoms with Crippen LogP contribution in [0.3, 0.4) is 0 Å². The topological polar surface area (TPSA) is 0 Å². The molecule has 0 saturated carbocycles. The summed E-state index contributed by atoms with van der Waals surface area (Å²) in [7, 11) is 0. The predicted octanol–water partition coefficient (Wildman–Crippen LogP) is 5.82. The van der Waals surface area contributed by atoms with E-state index >= 15 is 0 Å². The van der Waals surface area contributed by atoms with Crippen LogP contribution in [-0.2, 0) is 0 Å². The molecule has 3 aromatic rings. The van der Waals surface area contributed by atoms with E-state index in [0.717, 1.165) is 0 Å². The molecule has 3 heterocycles. The van der Waals surface area contributed by atoms with E-state index in [4.69, 9.17) is 0 Å². The molecule has 17 heavy (non-hydrogen) atoms. The zero-order valence-electron chi connectivity index (χ0n) is 9.69. The molecule has 0 bridgehead atoms. The van der Waals surface area contributed by atoms with Gasteiger partial charge in [0.1, 0.15) is 0 Å². The van der Waals surface area contributed by atoms with E-state index in [-0.39, 0.29) is 0 Å². The molecule has 0 aliphatic carbocycles. The molecule has 0 fully saturated rings. The fraction of sp³-hybridized carbons (Fsp3) is 0.143. The molecule has 0 aliphatic rings. The maximum Gasteiger partial charge on any atom is 0.0474 e. The Bertz CT molecular complexity index is 626. The van der Waals surface area contributed by atoms with Crippen LogP contribution >= 0.6 is 34.0 Å². The summed E-state index contributed by atoms with van der Waals surface area (Å²) in [6.07, 6.45) is 0. The number of thiophene rings is 3. The lowest BCUT2D eigenvalue weighted by atomic mass is 10.2. The lowest BCUT2D eigenvalue weighted by molar-refractivity contribution is 1.41. The van der Waals surface area contributed by atoms with Crippen molar-refractivity contribution in [1.29, 1.82) is 0 Å². The Kier molecular flexibility index (Phi) is 2.90. The van der Waals surface area contributed by atoms with Crippen LogP contribution in [0.5, 0.6) is 0 Å². The minimum absolute atomic E-state index is 1.37. The first-order valence-corrected chi connectivity index (χ1v) is 8.02. The van der Waals surface area contributed by atoms with Gasteiger partial charge in [-0.3, -0.25) is 0 Å². The van der Waals surface area contributed by atoms with Gasteiger partial charge in [0, 0.05) is 19.5 Å². The molecule has 86 valence electrons. The monoisotopic (exact) mass is 276 g/mol. The molecule has 0 radical (unpaired) electrons. The van der Waals surface area contributed by atoms with E-state index in [9.17, 15) is 0 Å². The van der Waals surface area contributed by atoms with E-state index in [2.05, 4.69) is 48.9 Å². The summed E-state index contributed by atoms with van der Waals surface area (Å²) in [5, 5.41) is 4.38. The highest BCUT2D eigenvalue weighted by Crippen LogP contribution is 2.40. The normalized spacial score (nSPS) is 10.9. The lowest BCUT2D eigenvalue weighted by Gasteiger charge is -1.95. The largest absolute Gasteiger partial charge is 0.143 e. The van der Waals surface area contributed by atoms with E-state index in [1.165, 1.54) is 30.6 Å². The standard InChI is InChI=1S/C14H12S3/c1-9-8-16-14(10(9)2)13-6-5-12(17-13)11-4-3-7-15-11/h3-8H,1-2H3. The third-order valence-corrected chi connectivity index (χ3v) is 6.41. The van der Waals surface area contributed by atoms with E-state index in [1.54, 1.807) is 0 Å². The summed E-state index contributed by atoms with van der Waals surface area (Å²) < 4.78 is 0. The van der Waals surface area contributed by atoms with Crippen molar-refractivity contribution >= 4 is 34.0 Å². The van der Waals surface area contributed by atoms with Crippen LogP contribution in [0.25, 0.3) is 19.5 Å². The van der Waals surface area contributed by atoms with Crippen LogP contribution in [0.4, 0.5) is 0 Å². The summed E-state index contributed by atoms with van der Waals surface area (Å²) in [6, 6.07) is 8.78. The highest BCUT2D eigenvalue weighted by atomic mass is 32.1. The highest BCUT2D eigenvalue weighted by Gasteiger charge is 2.10. The molecule has 0 amide bonds. The van der Waals surface area contributed by atoms with Crippen LogP contribution in [0.15, 0.2) is 35.0 Å². The molecular formula is C14H12S3. The maximum atomic E-state index is 2.25. The SMILES string of the molecule is Cc1csc(-c2ccc(-c3cccs3)s2)c1C. The summed E-state index contributed by atoms with van der Waals surface area (Å²) in [5.41, 5.74) is 2.82. The second-order valence-corrected chi connectivity index (χ2v) is 6.93. The average molecular weight is 276 g/mol. The first kappa shape index (κ1) is 11.2. The third kappa shape index (κ3) is 1.99. The fourth-order valence-electron chi connectivity index (χ4n) is 1.76. The van der Waals surface area contributed by atoms with Crippen LogP contribution in [0.2, 0.25) is 0 Å². The van der Waals surface area contributed by atoms with E-state index in [0.29, 0.717) is 0 Å². The molecule has 0 nitrogen and oxygen atoms in total. The van der Waals surface area contributed by atoms with E-state index in [1.807, 2.05) is 34.0 Å². The third-order valence-electron chi connectivity index (χ3n) is 2.88. The Morgan fingerprint density at radius 1 is 0.882 bits per heavy atom. The van der Waals surface area contributed by atoms with Crippen molar-refractivity contribution < 1.29 is 0 Å². The highest BCUT2D eigenvalue weighted by molar-refractivity contribution is 7.25. The van der Waals surface area contributed by atoms with Gasteiger partial charge < -0.3 is 0 Å². The van der Waals surface area contributed by atoms with Crippen molar-refractivity contribution in [3.8, 4) is 19.5 Å². The zero-order valence-corrected chi connectivity index (χ0v) is 12.1. The minimum atomic E-state index is 1.37. The molecule has 0 saturated heterocycles. The number of hydrogen-bond acceptors (Lipinski definition) is 3. The van der Waals surface area contributed by atoms with Gasteiger partial charge in [0.05, 0.1) is 0 Å². The van der Waals surface area contributed by atoms with Gasteiger partial charge in [-0.25, -0.2) is 0 Å². The number of rotatable bonds is 2. The molecule has 0 atom stereocenters. The summed E-state index contributed by atoms with van der Waals surface area (Å²) in [6.45, 7) is 4.40. The number of aryl methyl sites for hydroxylation is 1. The van der Waals surface area contributed by atoms with Gasteiger partial charge in [0.15, 0.2) is 0 Å². The molecule has 3 heteroatoms. The molecule has 3 rings (SSSR count). The second-order valence-electron chi connectivity index (χ2n) is 4.01. The zero-order chi connectivity index (χ0) is 11.8.